The van der Waals surface area contributed by atoms with Crippen LogP contribution in [0.5, 0.6) is 0 Å². The largest absolute Gasteiger partial charge is 2.00 e. The number of amides is 7. The summed E-state index contributed by atoms with van der Waals surface area (Å²) in [6.45, 7) is 24.6. The van der Waals surface area contributed by atoms with Crippen LogP contribution in [0.15, 0.2) is 92.1 Å². The molecule has 0 aliphatic carbocycles. The van der Waals surface area contributed by atoms with Gasteiger partial charge in [0.2, 0.25) is 41.4 Å². The van der Waals surface area contributed by atoms with E-state index in [4.69, 9.17) is 69.3 Å². The third kappa shape index (κ3) is 19.1. The van der Waals surface area contributed by atoms with Crippen molar-refractivity contribution in [2.24, 2.45) is 89.0 Å². The van der Waals surface area contributed by atoms with Gasteiger partial charge in [-0.25, -0.2) is 4.98 Å². The molecule has 1 aromatic carbocycles. The number of phosphoric ester groups is 1. The van der Waals surface area contributed by atoms with Gasteiger partial charge >= 0.3 is 22.7 Å². The summed E-state index contributed by atoms with van der Waals surface area (Å²) in [6, 6.07) is 8.04. The number of primary amides is 5. The Bertz CT molecular complexity index is 4240. The number of fused-ring (bicyclic) bond motifs is 7. The molecule has 2 fully saturated rings. The van der Waals surface area contributed by atoms with Gasteiger partial charge in [-0.1, -0.05) is 40.7 Å². The Balaban J connectivity index is 0.00000546. The second kappa shape index (κ2) is 35.7. The molecule has 109 heavy (non-hydrogen) atoms. The second-order valence-electron chi connectivity index (χ2n) is 31.1. The molecule has 9 rings (SSSR count). The minimum absolute atomic E-state index is 0. The van der Waals surface area contributed by atoms with E-state index in [0.717, 1.165) is 11.1 Å². The summed E-state index contributed by atoms with van der Waals surface area (Å²) in [7, 11) is -5.35. The smallest absolute Gasteiger partial charge is 0.756 e. The number of nitrogens with one attached hydrogen (secondary N) is 3. The third-order valence-electron chi connectivity index (χ3n) is 23.3. The number of carbonyl (C=O) groups is 8. The predicted octanol–water partition coefficient (Wildman–Crippen LogP) is 4.02. The summed E-state index contributed by atoms with van der Waals surface area (Å²) < 4.78 is 32.1. The van der Waals surface area contributed by atoms with Gasteiger partial charge in [-0.3, -0.25) is 67.8 Å². The maximum absolute atomic E-state index is 14.9. The molecule has 6 aliphatic heterocycles. The molecule has 6 aliphatic rings. The molecule has 34 heteroatoms. The molecule has 16 N–H and O–H groups in total. The number of aliphatic hydroxyl groups is 2. The number of phosphoric acid groups is 1. The number of carbonyl (C=O) groups excluding carboxylic acids is 7. The van der Waals surface area contributed by atoms with Crippen molar-refractivity contribution in [1.29, 1.82) is 5.26 Å². The quantitative estimate of drug-likeness (QED) is 0.0225. The summed E-state index contributed by atoms with van der Waals surface area (Å²) in [6.07, 6.45) is -2.23. The van der Waals surface area contributed by atoms with Crippen molar-refractivity contribution in [2.45, 2.75) is 208 Å². The van der Waals surface area contributed by atoms with E-state index in [9.17, 15) is 63.1 Å². The number of aliphatic carboxylic acids is 1. The molecule has 2 saturated heterocycles. The minimum Gasteiger partial charge on any atom is -0.756 e. The number of benzene rings is 1. The maximum Gasteiger partial charge on any atom is 2.00 e. The van der Waals surface area contributed by atoms with Crippen LogP contribution in [0.25, 0.3) is 11.0 Å². The molecule has 15 atom stereocenters. The van der Waals surface area contributed by atoms with Crippen LogP contribution in [-0.2, 0) is 80.0 Å². The normalized spacial score (nSPS) is 30.0. The number of unbranched alkanes of at least 4 members (excludes halogenated alkanes) is 1. The van der Waals surface area contributed by atoms with Gasteiger partial charge < -0.3 is 95.0 Å². The van der Waals surface area contributed by atoms with Gasteiger partial charge in [-0.15, -0.1) is 0 Å². The summed E-state index contributed by atoms with van der Waals surface area (Å²) in [5.74, 6) is -8.22. The van der Waals surface area contributed by atoms with Gasteiger partial charge in [-0.2, -0.15) is 0 Å². The van der Waals surface area contributed by atoms with E-state index in [0.29, 0.717) is 88.0 Å². The van der Waals surface area contributed by atoms with Gasteiger partial charge in [0, 0.05) is 150 Å². The first-order chi connectivity index (χ1) is 50.7. The number of carboxylic acid groups (broad SMARTS) is 1. The van der Waals surface area contributed by atoms with Gasteiger partial charge in [0.25, 0.3) is 7.82 Å². The van der Waals surface area contributed by atoms with E-state index in [-0.39, 0.29) is 113 Å². The number of hydrogen-bond donors (Lipinski definition) is 11. The standard InChI is InChI=1S/C74H106N15O16P.CN.Co/c1-39-28-50-51(29-40(39)2)89(38-83-50)69-64(100)65(52(37-90)103-69)105-106(101,102)104-41(3)34-82-59(96)23-24-71(8)48(30-57(78)94)68-74(11)73(10,32-58(79)95)47(19-22-56(77)93)63(87-74)43(5)67-72(9,33-60(97)81-26-14-15-27-88(36-61(98)99)35-44-16-12-13-25-80-44)45(17-20-54(75)91)49(84-67)31-53-70(6,7)46(18-21-55(76)92)62(85-53)42(4)66(71)86-68;1-2;/h12-13,16,25,28-29,31,38,41,45-48,52,64-65,68-69,84,90,100H,14-15,17-24,26-27,30,32-37H2,1-11H3,(H2,75,91)(H2,76,92)(H2,77,93)(H2,78,94)(H2,79,95)(H,81,97)(H,82,96)(H,98,99)(H,101,102);;/q;-1;+2/p-1/b49-31-,62-42-,67-43-;;/t41-,45-,46-,47-,48+,52+,64-,65-,68-,69?,71-,72+,73+,74+;;/m1../s1. The third-order valence-corrected chi connectivity index (χ3v) is 24.4. The van der Waals surface area contributed by atoms with E-state index >= 15 is 0 Å². The second-order valence-corrected chi connectivity index (χ2v) is 32.4. The Hall–Kier alpha value is -8.42. The molecule has 8 heterocycles. The SMILES string of the molecule is C/C1=C2N=C(/C=C3\N/C(=C(/C)C4=N[C@@](C)([C@@H]5N=C1[C@](C)(CCC(=O)NC[C@@H](C)OP(=O)([O-])O[C@@H]1[C@H](CO)OC(n6cnc7cc(C)c(C)cc76)[C@@H]1O)[C@H]5CC(N)=O)[C@@](C)(CC(N)=O)[C@@H]4CCC(N)=O)[C@@](C)(CC(=O)NCCCCN(CC(=O)O)Cc1ccccn1)[C@@H]3CCC(N)=O)C(C)(C)[C@@H]/2CCC(N)=O.[C-]#N.[Co+2]. The van der Waals surface area contributed by atoms with Crippen molar-refractivity contribution >= 4 is 83.3 Å². The Morgan fingerprint density at radius 1 is 0.826 bits per heavy atom. The Kier molecular flexibility index (Phi) is 28.8. The zero-order valence-electron chi connectivity index (χ0n) is 63.7. The summed E-state index contributed by atoms with van der Waals surface area (Å²) >= 11 is 0. The summed E-state index contributed by atoms with van der Waals surface area (Å²) in [4.78, 5) is 150. The van der Waals surface area contributed by atoms with Crippen LogP contribution in [0.2, 0.25) is 0 Å². The Morgan fingerprint density at radius 3 is 2.07 bits per heavy atom. The zero-order chi connectivity index (χ0) is 79.9. The number of nitrogens with zero attached hydrogens (tertiary/aromatic N) is 8. The fourth-order valence-electron chi connectivity index (χ4n) is 17.3. The number of aliphatic imine (C=N–C) groups is 3. The summed E-state index contributed by atoms with van der Waals surface area (Å²) in [5.41, 5.74) is 32.0. The Labute approximate surface area is 645 Å². The van der Waals surface area contributed by atoms with Crippen molar-refractivity contribution in [2.75, 3.05) is 32.8 Å². The van der Waals surface area contributed by atoms with Crippen LogP contribution in [0.4, 0.5) is 0 Å². The average molecular weight is 1580 g/mol. The van der Waals surface area contributed by atoms with Crippen molar-refractivity contribution in [3.05, 3.63) is 101 Å². The zero-order valence-corrected chi connectivity index (χ0v) is 65.7. The molecule has 1 radical (unpaired) electrons. The van der Waals surface area contributed by atoms with Gasteiger partial charge in [0.1, 0.15) is 18.3 Å². The van der Waals surface area contributed by atoms with E-state index in [1.54, 1.807) is 17.2 Å². The van der Waals surface area contributed by atoms with Crippen LogP contribution >= 0.6 is 7.82 Å². The number of allylic oxidation sites excluding steroid dienone is 6. The van der Waals surface area contributed by atoms with Crippen LogP contribution in [0.1, 0.15) is 169 Å². The maximum atomic E-state index is 14.9. The first-order valence-electron chi connectivity index (χ1n) is 36.4. The average Bonchev–Trinajstić information content (AvgIpc) is 1.53. The molecule has 2 aromatic heterocycles. The van der Waals surface area contributed by atoms with Crippen molar-refractivity contribution in [1.82, 2.24) is 35.4 Å². The fraction of sp³-hybridized carbons (Fsp3) is 0.600. The molecule has 595 valence electrons. The molecular formula is C75H105CoN16O16P. The molecule has 32 nitrogen and oxygen atoms in total. The Morgan fingerprint density at radius 2 is 1.47 bits per heavy atom. The number of aromatic nitrogens is 3. The number of nitrogens with two attached hydrogens (primary N) is 5. The van der Waals surface area contributed by atoms with Gasteiger partial charge in [0.15, 0.2) is 6.23 Å². The minimum atomic E-state index is -5.35. The number of aryl methyl sites for hydroxylation is 2. The van der Waals surface area contributed by atoms with E-state index in [2.05, 4.69) is 25.9 Å². The number of ether oxygens (including phenoxy) is 1. The topological polar surface area (TPSA) is 526 Å². The fourth-order valence-corrected chi connectivity index (χ4v) is 18.4. The number of carboxylic acids is 1. The number of imidazole rings is 1. The van der Waals surface area contributed by atoms with Crippen LogP contribution < -0.4 is 49.5 Å². The molecule has 7 amide bonds. The number of pyridine rings is 1. The molecule has 0 saturated carbocycles. The number of aliphatic hydroxyl groups excluding tert-OH is 2. The van der Waals surface area contributed by atoms with Crippen LogP contribution in [0, 0.1) is 71.0 Å². The molecule has 8 bridgehead atoms. The molecule has 2 unspecified atom stereocenters. The van der Waals surface area contributed by atoms with E-state index in [1.165, 1.54) is 17.8 Å². The molecule has 0 spiro atoms. The molecular weight excluding hydrogens is 1470 g/mol. The first-order valence-corrected chi connectivity index (χ1v) is 37.9. The van der Waals surface area contributed by atoms with Crippen LogP contribution in [-0.4, -0.2) is 168 Å². The van der Waals surface area contributed by atoms with Gasteiger partial charge in [0.05, 0.1) is 53.9 Å². The van der Waals surface area contributed by atoms with Gasteiger partial charge in [-0.05, 0) is 139 Å². The molecule has 3 aromatic rings. The predicted molar refractivity (Wildman–Crippen MR) is 397 cm³/mol. The first kappa shape index (κ1) is 87.8. The number of rotatable bonds is 35. The van der Waals surface area contributed by atoms with E-state index in [1.807, 2.05) is 99.6 Å². The van der Waals surface area contributed by atoms with Crippen molar-refractivity contribution in [3.8, 4) is 0 Å². The van der Waals surface area contributed by atoms with E-state index < -0.39 is 143 Å². The van der Waals surface area contributed by atoms with Crippen molar-refractivity contribution in [3.63, 3.8) is 0 Å². The summed E-state index contributed by atoms with van der Waals surface area (Å²) in [5, 5.41) is 47.5. The number of hydrogen-bond acceptors (Lipinski definition) is 23. The van der Waals surface area contributed by atoms with Crippen molar-refractivity contribution < 1.29 is 93.7 Å². The monoisotopic (exact) mass is 1580 g/mol. The van der Waals surface area contributed by atoms with Crippen LogP contribution in [0.3, 0.4) is 0 Å².